The van der Waals surface area contributed by atoms with Crippen molar-refractivity contribution in [2.75, 3.05) is 37.3 Å². The minimum Gasteiger partial charge on any atom is -0.396 e. The van der Waals surface area contributed by atoms with E-state index < -0.39 is 0 Å². The van der Waals surface area contributed by atoms with Crippen molar-refractivity contribution >= 4 is 23.1 Å². The average molecular weight is 241 g/mol. The van der Waals surface area contributed by atoms with Crippen LogP contribution in [0.2, 0.25) is 5.02 Å². The third-order valence-corrected chi connectivity index (χ3v) is 3.17. The number of nitrogens with zero attached hydrogens (tertiary/aromatic N) is 3. The van der Waals surface area contributed by atoms with Crippen LogP contribution in [0.3, 0.4) is 0 Å². The van der Waals surface area contributed by atoms with Gasteiger partial charge in [-0.25, -0.2) is 4.98 Å². The summed E-state index contributed by atoms with van der Waals surface area (Å²) in [7, 11) is 2.13. The highest BCUT2D eigenvalue weighted by molar-refractivity contribution is 6.30. The predicted octanol–water partition coefficient (Wildman–Crippen LogP) is 1.46. The first-order chi connectivity index (χ1) is 7.58. The summed E-state index contributed by atoms with van der Waals surface area (Å²) in [6.07, 6.45) is 1.65. The number of nitrogen functional groups attached to an aromatic ring is 1. The molecule has 0 aliphatic carbocycles. The van der Waals surface area contributed by atoms with Gasteiger partial charge in [0.05, 0.1) is 10.7 Å². The highest BCUT2D eigenvalue weighted by Crippen LogP contribution is 2.26. The van der Waals surface area contributed by atoms with Crippen molar-refractivity contribution < 1.29 is 0 Å². The standard InChI is InChI=1S/C11H17ClN4/c1-8-7-15(2)3-4-16(8)11-10(13)5-9(12)6-14-11/h5-6,8H,3-4,7,13H2,1-2H3. The lowest BCUT2D eigenvalue weighted by molar-refractivity contribution is 0.275. The van der Waals surface area contributed by atoms with E-state index >= 15 is 0 Å². The average Bonchev–Trinajstić information content (AvgIpc) is 2.19. The highest BCUT2D eigenvalue weighted by Gasteiger charge is 2.23. The molecule has 1 atom stereocenters. The van der Waals surface area contributed by atoms with Crippen molar-refractivity contribution in [3.63, 3.8) is 0 Å². The summed E-state index contributed by atoms with van der Waals surface area (Å²) in [6, 6.07) is 2.18. The van der Waals surface area contributed by atoms with Crippen molar-refractivity contribution in [3.8, 4) is 0 Å². The Morgan fingerprint density at radius 3 is 2.88 bits per heavy atom. The molecule has 0 radical (unpaired) electrons. The first-order valence-corrected chi connectivity index (χ1v) is 5.82. The van der Waals surface area contributed by atoms with Crippen molar-refractivity contribution in [1.29, 1.82) is 0 Å². The monoisotopic (exact) mass is 240 g/mol. The zero-order valence-electron chi connectivity index (χ0n) is 9.65. The zero-order valence-corrected chi connectivity index (χ0v) is 10.4. The molecule has 1 aromatic rings. The second-order valence-corrected chi connectivity index (χ2v) is 4.81. The summed E-state index contributed by atoms with van der Waals surface area (Å²) in [6.45, 7) is 5.21. The van der Waals surface area contributed by atoms with Crippen LogP contribution in [0.25, 0.3) is 0 Å². The van der Waals surface area contributed by atoms with Crippen molar-refractivity contribution in [3.05, 3.63) is 17.3 Å². The van der Waals surface area contributed by atoms with Crippen LogP contribution in [0.15, 0.2) is 12.3 Å². The van der Waals surface area contributed by atoms with Crippen molar-refractivity contribution in [1.82, 2.24) is 9.88 Å². The van der Waals surface area contributed by atoms with Gasteiger partial charge in [-0.15, -0.1) is 0 Å². The van der Waals surface area contributed by atoms with E-state index in [4.69, 9.17) is 17.3 Å². The van der Waals surface area contributed by atoms with E-state index in [9.17, 15) is 0 Å². The Balaban J connectivity index is 2.23. The highest BCUT2D eigenvalue weighted by atomic mass is 35.5. The Bertz CT molecular complexity index is 382. The van der Waals surface area contributed by atoms with Gasteiger partial charge in [-0.2, -0.15) is 0 Å². The molecule has 0 amide bonds. The molecular formula is C11H17ClN4. The van der Waals surface area contributed by atoms with Gasteiger partial charge in [-0.05, 0) is 20.0 Å². The number of rotatable bonds is 1. The predicted molar refractivity (Wildman–Crippen MR) is 68.0 cm³/mol. The molecule has 1 aromatic heterocycles. The third-order valence-electron chi connectivity index (χ3n) is 2.96. The van der Waals surface area contributed by atoms with E-state index in [1.807, 2.05) is 0 Å². The van der Waals surface area contributed by atoms with E-state index in [1.165, 1.54) is 0 Å². The molecular weight excluding hydrogens is 224 g/mol. The van der Waals surface area contributed by atoms with Gasteiger partial charge >= 0.3 is 0 Å². The van der Waals surface area contributed by atoms with Gasteiger partial charge in [-0.1, -0.05) is 11.6 Å². The molecule has 2 rings (SSSR count). The number of piperazine rings is 1. The van der Waals surface area contributed by atoms with Crippen LogP contribution in [0, 0.1) is 0 Å². The van der Waals surface area contributed by atoms with E-state index in [1.54, 1.807) is 12.3 Å². The third kappa shape index (κ3) is 2.23. The van der Waals surface area contributed by atoms with E-state index in [-0.39, 0.29) is 0 Å². The van der Waals surface area contributed by atoms with E-state index in [0.29, 0.717) is 16.8 Å². The first-order valence-electron chi connectivity index (χ1n) is 5.44. The number of halogens is 1. The summed E-state index contributed by atoms with van der Waals surface area (Å²) in [5, 5.41) is 0.586. The van der Waals surface area contributed by atoms with Crippen LogP contribution >= 0.6 is 11.6 Å². The maximum absolute atomic E-state index is 5.95. The molecule has 1 aliphatic rings. The van der Waals surface area contributed by atoms with Crippen LogP contribution in [0.4, 0.5) is 11.5 Å². The summed E-state index contributed by atoms with van der Waals surface area (Å²) in [4.78, 5) is 8.88. The fraction of sp³-hybridized carbons (Fsp3) is 0.545. The maximum Gasteiger partial charge on any atom is 0.152 e. The SMILES string of the molecule is CC1CN(C)CCN1c1ncc(Cl)cc1N. The normalized spacial score (nSPS) is 22.4. The fourth-order valence-electron chi connectivity index (χ4n) is 2.14. The zero-order chi connectivity index (χ0) is 11.7. The second-order valence-electron chi connectivity index (χ2n) is 4.37. The minimum atomic E-state index is 0.426. The van der Waals surface area contributed by atoms with E-state index in [0.717, 1.165) is 25.5 Å². The number of nitrogens with two attached hydrogens (primary N) is 1. The molecule has 0 aromatic carbocycles. The molecule has 1 saturated heterocycles. The molecule has 5 heteroatoms. The fourth-order valence-corrected chi connectivity index (χ4v) is 2.31. The number of hydrogen-bond acceptors (Lipinski definition) is 4. The molecule has 2 N–H and O–H groups in total. The lowest BCUT2D eigenvalue weighted by Gasteiger charge is -2.39. The van der Waals surface area contributed by atoms with Gasteiger partial charge in [0.2, 0.25) is 0 Å². The van der Waals surface area contributed by atoms with Crippen LogP contribution in [-0.4, -0.2) is 42.6 Å². The number of anilines is 2. The van der Waals surface area contributed by atoms with Crippen LogP contribution in [-0.2, 0) is 0 Å². The number of aromatic nitrogens is 1. The summed E-state index contributed by atoms with van der Waals surface area (Å²) >= 11 is 5.85. The molecule has 2 heterocycles. The van der Waals surface area contributed by atoms with E-state index in [2.05, 4.69) is 28.8 Å². The van der Waals surface area contributed by atoms with Gasteiger partial charge in [0.25, 0.3) is 0 Å². The molecule has 16 heavy (non-hydrogen) atoms. The largest absolute Gasteiger partial charge is 0.396 e. The van der Waals surface area contributed by atoms with Gasteiger partial charge < -0.3 is 15.5 Å². The van der Waals surface area contributed by atoms with Crippen LogP contribution < -0.4 is 10.6 Å². The number of hydrogen-bond donors (Lipinski definition) is 1. The van der Waals surface area contributed by atoms with Gasteiger partial charge in [0, 0.05) is 31.9 Å². The quantitative estimate of drug-likeness (QED) is 0.807. The lowest BCUT2D eigenvalue weighted by Crippen LogP contribution is -2.51. The lowest BCUT2D eigenvalue weighted by atomic mass is 10.2. The molecule has 88 valence electrons. The Morgan fingerprint density at radius 1 is 1.50 bits per heavy atom. The van der Waals surface area contributed by atoms with Crippen LogP contribution in [0.1, 0.15) is 6.92 Å². The summed E-state index contributed by atoms with van der Waals surface area (Å²) in [5.74, 6) is 0.852. The Morgan fingerprint density at radius 2 is 2.25 bits per heavy atom. The molecule has 1 aliphatic heterocycles. The molecule has 1 unspecified atom stereocenters. The summed E-state index contributed by atoms with van der Waals surface area (Å²) in [5.41, 5.74) is 6.60. The van der Waals surface area contributed by atoms with Crippen LogP contribution in [0.5, 0.6) is 0 Å². The molecule has 1 fully saturated rings. The smallest absolute Gasteiger partial charge is 0.152 e. The minimum absolute atomic E-state index is 0.426. The second kappa shape index (κ2) is 4.47. The van der Waals surface area contributed by atoms with Crippen molar-refractivity contribution in [2.24, 2.45) is 0 Å². The van der Waals surface area contributed by atoms with Crippen molar-refractivity contribution in [2.45, 2.75) is 13.0 Å². The Kier molecular flexibility index (Phi) is 3.21. The van der Waals surface area contributed by atoms with Gasteiger partial charge in [0.15, 0.2) is 5.82 Å². The topological polar surface area (TPSA) is 45.4 Å². The Labute approximate surface area is 101 Å². The number of pyridine rings is 1. The summed E-state index contributed by atoms with van der Waals surface area (Å²) < 4.78 is 0. The maximum atomic E-state index is 5.95. The molecule has 4 nitrogen and oxygen atoms in total. The molecule has 0 bridgehead atoms. The van der Waals surface area contributed by atoms with Gasteiger partial charge in [-0.3, -0.25) is 0 Å². The Hall–Kier alpha value is -1.00. The molecule has 0 saturated carbocycles. The molecule has 0 spiro atoms. The number of likely N-dealkylation sites (N-methyl/N-ethyl adjacent to an activating group) is 1. The first kappa shape index (κ1) is 11.5. The van der Waals surface area contributed by atoms with Gasteiger partial charge in [0.1, 0.15) is 0 Å².